The van der Waals surface area contributed by atoms with Gasteiger partial charge in [-0.25, -0.2) is 8.42 Å². The molecule has 84 valence electrons. The maximum Gasteiger partial charge on any atom is 0.259 e. The second-order valence-electron chi connectivity index (χ2n) is 4.01. The number of nitrogens with zero attached hydrogens (tertiary/aromatic N) is 2. The van der Waals surface area contributed by atoms with Gasteiger partial charge in [0.2, 0.25) is 0 Å². The van der Waals surface area contributed by atoms with Crippen LogP contribution in [0.1, 0.15) is 19.8 Å². The van der Waals surface area contributed by atoms with Crippen LogP contribution in [0.3, 0.4) is 0 Å². The van der Waals surface area contributed by atoms with Gasteiger partial charge in [-0.05, 0) is 24.8 Å². The topological polar surface area (TPSA) is 66.1 Å². The molecule has 5 nitrogen and oxygen atoms in total. The van der Waals surface area contributed by atoms with E-state index in [1.165, 1.54) is 16.6 Å². The Morgan fingerprint density at radius 1 is 1.47 bits per heavy atom. The van der Waals surface area contributed by atoms with Crippen molar-refractivity contribution >= 4 is 10.0 Å². The van der Waals surface area contributed by atoms with E-state index in [0.717, 1.165) is 12.8 Å². The van der Waals surface area contributed by atoms with Crippen LogP contribution in [0.5, 0.6) is 0 Å². The van der Waals surface area contributed by atoms with Gasteiger partial charge < -0.3 is 0 Å². The molecule has 0 atom stereocenters. The molecule has 0 aromatic carbocycles. The Balaban J connectivity index is 2.17. The quantitative estimate of drug-likeness (QED) is 0.817. The van der Waals surface area contributed by atoms with Gasteiger partial charge >= 0.3 is 0 Å². The predicted octanol–water partition coefficient (Wildman–Crippen LogP) is 0.830. The van der Waals surface area contributed by atoms with Crippen LogP contribution in [0.15, 0.2) is 17.3 Å². The number of piperidine rings is 1. The molecule has 1 aromatic rings. The first-order chi connectivity index (χ1) is 7.10. The molecule has 1 N–H and O–H groups in total. The van der Waals surface area contributed by atoms with Crippen molar-refractivity contribution in [1.82, 2.24) is 14.5 Å². The van der Waals surface area contributed by atoms with E-state index in [1.54, 1.807) is 0 Å². The standard InChI is InChI=1S/C9H15N3O2S/c1-8-3-6-12(7-4-8)15(13,14)9-2-5-10-11-9/h2,5,8H,3-4,6-7H2,1H3,(H,10,11). The van der Waals surface area contributed by atoms with E-state index in [4.69, 9.17) is 0 Å². The Kier molecular flexibility index (Phi) is 2.79. The van der Waals surface area contributed by atoms with E-state index in [-0.39, 0.29) is 5.03 Å². The summed E-state index contributed by atoms with van der Waals surface area (Å²) in [7, 11) is -3.33. The van der Waals surface area contributed by atoms with Crippen LogP contribution in [-0.2, 0) is 10.0 Å². The van der Waals surface area contributed by atoms with Gasteiger partial charge in [0.05, 0.1) is 6.20 Å². The minimum Gasteiger partial charge on any atom is -0.266 e. The lowest BCUT2D eigenvalue weighted by Gasteiger charge is -2.28. The average Bonchev–Trinajstić information content (AvgIpc) is 2.71. The third-order valence-electron chi connectivity index (χ3n) is 2.84. The minimum absolute atomic E-state index is 0.192. The van der Waals surface area contributed by atoms with Crippen molar-refractivity contribution in [2.24, 2.45) is 5.92 Å². The molecular formula is C9H15N3O2S. The van der Waals surface area contributed by atoms with Crippen LogP contribution >= 0.6 is 0 Å². The highest BCUT2D eigenvalue weighted by molar-refractivity contribution is 7.89. The molecule has 0 spiro atoms. The van der Waals surface area contributed by atoms with Gasteiger partial charge in [0.25, 0.3) is 10.0 Å². The molecule has 0 amide bonds. The smallest absolute Gasteiger partial charge is 0.259 e. The van der Waals surface area contributed by atoms with Gasteiger partial charge in [0, 0.05) is 13.1 Å². The molecule has 6 heteroatoms. The van der Waals surface area contributed by atoms with Crippen LogP contribution in [0.2, 0.25) is 0 Å². The zero-order chi connectivity index (χ0) is 10.9. The van der Waals surface area contributed by atoms with Crippen molar-refractivity contribution in [2.75, 3.05) is 13.1 Å². The van der Waals surface area contributed by atoms with Crippen molar-refractivity contribution in [3.8, 4) is 0 Å². The summed E-state index contributed by atoms with van der Waals surface area (Å²) in [5.41, 5.74) is 0. The third kappa shape index (κ3) is 2.05. The molecule has 2 heterocycles. The molecule has 15 heavy (non-hydrogen) atoms. The lowest BCUT2D eigenvalue weighted by Crippen LogP contribution is -2.38. The molecule has 1 aliphatic rings. The van der Waals surface area contributed by atoms with E-state index in [9.17, 15) is 8.42 Å². The highest BCUT2D eigenvalue weighted by Gasteiger charge is 2.28. The van der Waals surface area contributed by atoms with E-state index in [0.29, 0.717) is 19.0 Å². The van der Waals surface area contributed by atoms with Crippen molar-refractivity contribution < 1.29 is 8.42 Å². The average molecular weight is 229 g/mol. The normalized spacial score (nSPS) is 20.6. The van der Waals surface area contributed by atoms with E-state index in [1.807, 2.05) is 0 Å². The summed E-state index contributed by atoms with van der Waals surface area (Å²) in [6.45, 7) is 3.38. The number of H-pyrrole nitrogens is 1. The molecule has 0 unspecified atom stereocenters. The minimum atomic E-state index is -3.33. The van der Waals surface area contributed by atoms with Crippen LogP contribution < -0.4 is 0 Å². The number of rotatable bonds is 2. The van der Waals surface area contributed by atoms with E-state index in [2.05, 4.69) is 17.1 Å². The van der Waals surface area contributed by atoms with Gasteiger partial charge in [-0.2, -0.15) is 9.40 Å². The number of sulfonamides is 1. The number of hydrogen-bond donors (Lipinski definition) is 1. The molecule has 0 saturated carbocycles. The highest BCUT2D eigenvalue weighted by atomic mass is 32.2. The molecule has 1 saturated heterocycles. The van der Waals surface area contributed by atoms with Crippen molar-refractivity contribution in [3.05, 3.63) is 12.3 Å². The summed E-state index contributed by atoms with van der Waals surface area (Å²) < 4.78 is 25.5. The van der Waals surface area contributed by atoms with E-state index < -0.39 is 10.0 Å². The Hall–Kier alpha value is -0.880. The second kappa shape index (κ2) is 3.94. The Morgan fingerprint density at radius 3 is 2.67 bits per heavy atom. The Morgan fingerprint density at radius 2 is 2.13 bits per heavy atom. The molecule has 1 aliphatic heterocycles. The van der Waals surface area contributed by atoms with Crippen LogP contribution in [0.4, 0.5) is 0 Å². The largest absolute Gasteiger partial charge is 0.266 e. The van der Waals surface area contributed by atoms with Gasteiger partial charge in [-0.1, -0.05) is 6.92 Å². The molecular weight excluding hydrogens is 214 g/mol. The lowest BCUT2D eigenvalue weighted by molar-refractivity contribution is 0.287. The Labute approximate surface area is 89.5 Å². The lowest BCUT2D eigenvalue weighted by atomic mass is 10.0. The second-order valence-corrected chi connectivity index (χ2v) is 5.91. The first-order valence-corrected chi connectivity index (χ1v) is 6.54. The third-order valence-corrected chi connectivity index (χ3v) is 4.66. The van der Waals surface area contributed by atoms with E-state index >= 15 is 0 Å². The van der Waals surface area contributed by atoms with Crippen molar-refractivity contribution in [2.45, 2.75) is 24.8 Å². The first kappa shape index (κ1) is 10.6. The van der Waals surface area contributed by atoms with Crippen LogP contribution in [-0.4, -0.2) is 36.0 Å². The molecule has 0 bridgehead atoms. The zero-order valence-corrected chi connectivity index (χ0v) is 9.50. The van der Waals surface area contributed by atoms with Crippen LogP contribution in [0.25, 0.3) is 0 Å². The summed E-state index contributed by atoms with van der Waals surface area (Å²) in [6.07, 6.45) is 3.33. The number of hydrogen-bond acceptors (Lipinski definition) is 3. The molecule has 1 aromatic heterocycles. The maximum absolute atomic E-state index is 12.0. The van der Waals surface area contributed by atoms with Crippen molar-refractivity contribution in [1.29, 1.82) is 0 Å². The summed E-state index contributed by atoms with van der Waals surface area (Å²) in [5.74, 6) is 0.623. The van der Waals surface area contributed by atoms with Gasteiger partial charge in [-0.15, -0.1) is 0 Å². The number of aromatic amines is 1. The molecule has 2 rings (SSSR count). The molecule has 0 radical (unpaired) electrons. The van der Waals surface area contributed by atoms with Crippen molar-refractivity contribution in [3.63, 3.8) is 0 Å². The van der Waals surface area contributed by atoms with Crippen LogP contribution in [0, 0.1) is 5.92 Å². The summed E-state index contributed by atoms with van der Waals surface area (Å²) >= 11 is 0. The fourth-order valence-corrected chi connectivity index (χ4v) is 3.12. The number of nitrogens with one attached hydrogen (secondary N) is 1. The summed E-state index contributed by atoms with van der Waals surface area (Å²) in [6, 6.07) is 1.49. The highest BCUT2D eigenvalue weighted by Crippen LogP contribution is 2.21. The number of aromatic nitrogens is 2. The summed E-state index contributed by atoms with van der Waals surface area (Å²) in [5, 5.41) is 6.37. The predicted molar refractivity (Wildman–Crippen MR) is 55.7 cm³/mol. The fraction of sp³-hybridized carbons (Fsp3) is 0.667. The zero-order valence-electron chi connectivity index (χ0n) is 8.68. The van der Waals surface area contributed by atoms with Gasteiger partial charge in [0.1, 0.15) is 0 Å². The molecule has 0 aliphatic carbocycles. The first-order valence-electron chi connectivity index (χ1n) is 5.10. The SMILES string of the molecule is CC1CCN(S(=O)(=O)c2ccn[nH]2)CC1. The molecule has 1 fully saturated rings. The monoisotopic (exact) mass is 229 g/mol. The van der Waals surface area contributed by atoms with Gasteiger partial charge in [-0.3, -0.25) is 5.10 Å². The van der Waals surface area contributed by atoms with Gasteiger partial charge in [0.15, 0.2) is 5.03 Å². The summed E-state index contributed by atoms with van der Waals surface area (Å²) in [4.78, 5) is 0. The maximum atomic E-state index is 12.0. The Bertz CT molecular complexity index is 405. The fourth-order valence-electron chi connectivity index (χ4n) is 1.75.